The average Bonchev–Trinajstić information content (AvgIpc) is 2.44. The van der Waals surface area contributed by atoms with E-state index < -0.39 is 17.7 Å². The van der Waals surface area contributed by atoms with E-state index in [0.29, 0.717) is 17.7 Å². The highest BCUT2D eigenvalue weighted by Gasteiger charge is 2.24. The minimum absolute atomic E-state index is 0. The third-order valence-electron chi connectivity index (χ3n) is 2.94. The molecule has 0 heterocycles. The van der Waals surface area contributed by atoms with Crippen molar-refractivity contribution in [2.75, 3.05) is 7.11 Å². The zero-order valence-corrected chi connectivity index (χ0v) is 13.9. The summed E-state index contributed by atoms with van der Waals surface area (Å²) in [7, 11) is 1.55. The molecule has 1 atom stereocenters. The van der Waals surface area contributed by atoms with Crippen LogP contribution in [-0.2, 0) is 4.74 Å². The van der Waals surface area contributed by atoms with Crippen molar-refractivity contribution >= 4 is 11.9 Å². The highest BCUT2D eigenvalue weighted by Crippen LogP contribution is 2.16. The van der Waals surface area contributed by atoms with E-state index in [0.717, 1.165) is 6.42 Å². The molecule has 1 aromatic carbocycles. The van der Waals surface area contributed by atoms with Crippen molar-refractivity contribution in [1.82, 2.24) is 5.32 Å². The van der Waals surface area contributed by atoms with Crippen LogP contribution in [-0.4, -0.2) is 30.6 Å². The fourth-order valence-corrected chi connectivity index (χ4v) is 1.98. The predicted octanol–water partition coefficient (Wildman–Crippen LogP) is 4.21. The van der Waals surface area contributed by atoms with E-state index in [2.05, 4.69) is 5.32 Å². The number of ketones is 1. The number of Topliss-reactive ketones (excluding diaryl/α,β-unsaturated/α-hetero) is 1. The van der Waals surface area contributed by atoms with Gasteiger partial charge in [-0.05, 0) is 39.3 Å². The number of methoxy groups -OCH3 is 1. The van der Waals surface area contributed by atoms with Crippen LogP contribution < -0.4 is 10.1 Å². The quantitative estimate of drug-likeness (QED) is 0.797. The van der Waals surface area contributed by atoms with Crippen LogP contribution in [0.2, 0.25) is 0 Å². The lowest BCUT2D eigenvalue weighted by molar-refractivity contribution is 0.0488. The predicted molar refractivity (Wildman–Crippen MR) is 92.1 cm³/mol. The summed E-state index contributed by atoms with van der Waals surface area (Å²) >= 11 is 0. The van der Waals surface area contributed by atoms with Crippen LogP contribution >= 0.6 is 0 Å². The van der Waals surface area contributed by atoms with Crippen molar-refractivity contribution in [2.45, 2.75) is 59.6 Å². The molecule has 0 unspecified atom stereocenters. The highest BCUT2D eigenvalue weighted by molar-refractivity contribution is 6.01. The van der Waals surface area contributed by atoms with Crippen molar-refractivity contribution in [1.29, 1.82) is 0 Å². The summed E-state index contributed by atoms with van der Waals surface area (Å²) in [6.07, 6.45) is 0.744. The Labute approximate surface area is 139 Å². The molecule has 0 bridgehead atoms. The van der Waals surface area contributed by atoms with Gasteiger partial charge in [0.2, 0.25) is 0 Å². The summed E-state index contributed by atoms with van der Waals surface area (Å²) in [5.41, 5.74) is -0.0892. The Kier molecular flexibility index (Phi) is 8.36. The van der Waals surface area contributed by atoms with Gasteiger partial charge in [0.1, 0.15) is 11.4 Å². The Bertz CT molecular complexity index is 520. The van der Waals surface area contributed by atoms with Crippen LogP contribution in [0.25, 0.3) is 0 Å². The molecule has 130 valence electrons. The second-order valence-corrected chi connectivity index (χ2v) is 6.08. The van der Waals surface area contributed by atoms with E-state index in [1.54, 1.807) is 52.1 Å². The molecule has 1 N–H and O–H groups in total. The molecule has 0 saturated carbocycles. The van der Waals surface area contributed by atoms with Crippen LogP contribution in [0.4, 0.5) is 4.79 Å². The first kappa shape index (κ1) is 21.0. The summed E-state index contributed by atoms with van der Waals surface area (Å²) in [4.78, 5) is 24.5. The Balaban J connectivity index is 0.00000484. The number of hydrogen-bond donors (Lipinski definition) is 1. The van der Waals surface area contributed by atoms with Gasteiger partial charge in [-0.1, -0.05) is 32.9 Å². The van der Waals surface area contributed by atoms with Crippen molar-refractivity contribution in [3.05, 3.63) is 29.8 Å². The lowest BCUT2D eigenvalue weighted by atomic mass is 10.0. The molecule has 0 fully saturated rings. The number of alkyl carbamates (subject to hydrolysis) is 1. The molecule has 23 heavy (non-hydrogen) atoms. The molecule has 0 radical (unpaired) electrons. The number of rotatable bonds is 6. The van der Waals surface area contributed by atoms with Gasteiger partial charge in [0.15, 0.2) is 5.78 Å². The first-order chi connectivity index (χ1) is 10.3. The van der Waals surface area contributed by atoms with Crippen LogP contribution in [0, 0.1) is 0 Å². The van der Waals surface area contributed by atoms with E-state index in [9.17, 15) is 9.59 Å². The second kappa shape index (κ2) is 9.18. The Morgan fingerprint density at radius 3 is 2.43 bits per heavy atom. The summed E-state index contributed by atoms with van der Waals surface area (Å²) in [6, 6.07) is 6.30. The lowest BCUT2D eigenvalue weighted by Gasteiger charge is -2.23. The molecule has 0 aliphatic rings. The highest BCUT2D eigenvalue weighted by atomic mass is 16.6. The van der Waals surface area contributed by atoms with Crippen LogP contribution in [0.1, 0.15) is 58.3 Å². The Morgan fingerprint density at radius 2 is 1.91 bits per heavy atom. The average molecular weight is 323 g/mol. The lowest BCUT2D eigenvalue weighted by Crippen LogP contribution is -2.43. The van der Waals surface area contributed by atoms with E-state index in [-0.39, 0.29) is 13.2 Å². The van der Waals surface area contributed by atoms with Crippen molar-refractivity contribution < 1.29 is 19.1 Å². The molecule has 5 nitrogen and oxygen atoms in total. The molecular weight excluding hydrogens is 294 g/mol. The van der Waals surface area contributed by atoms with Gasteiger partial charge < -0.3 is 14.8 Å². The molecule has 0 spiro atoms. The number of benzene rings is 1. The Hall–Kier alpha value is -2.04. The van der Waals surface area contributed by atoms with Gasteiger partial charge in [-0.3, -0.25) is 4.79 Å². The fraction of sp³-hybridized carbons (Fsp3) is 0.556. The van der Waals surface area contributed by atoms with Crippen LogP contribution in [0.5, 0.6) is 5.75 Å². The number of amides is 1. The number of nitrogens with one attached hydrogen (secondary N) is 1. The van der Waals surface area contributed by atoms with Crippen molar-refractivity contribution in [3.8, 4) is 5.75 Å². The van der Waals surface area contributed by atoms with Gasteiger partial charge in [0.05, 0.1) is 13.2 Å². The molecule has 0 aromatic heterocycles. The van der Waals surface area contributed by atoms with Crippen LogP contribution in [0.3, 0.4) is 0 Å². The SMILES string of the molecule is C.CCC[C@H](NC(=O)OC(C)(C)C)C(=O)c1cccc(OC)c1. The smallest absolute Gasteiger partial charge is 0.408 e. The number of ether oxygens (including phenoxy) is 2. The van der Waals surface area contributed by atoms with Gasteiger partial charge >= 0.3 is 6.09 Å². The van der Waals surface area contributed by atoms with Gasteiger partial charge in [-0.15, -0.1) is 0 Å². The summed E-state index contributed by atoms with van der Waals surface area (Å²) in [5.74, 6) is 0.463. The molecule has 0 saturated heterocycles. The molecule has 0 aliphatic heterocycles. The van der Waals surface area contributed by atoms with Crippen molar-refractivity contribution in [2.24, 2.45) is 0 Å². The third kappa shape index (κ3) is 7.17. The Morgan fingerprint density at radius 1 is 1.26 bits per heavy atom. The third-order valence-corrected chi connectivity index (χ3v) is 2.94. The maximum atomic E-state index is 12.6. The number of hydrogen-bond acceptors (Lipinski definition) is 4. The van der Waals surface area contributed by atoms with E-state index in [4.69, 9.17) is 9.47 Å². The fourth-order valence-electron chi connectivity index (χ4n) is 1.98. The van der Waals surface area contributed by atoms with E-state index in [1.807, 2.05) is 6.92 Å². The zero-order chi connectivity index (χ0) is 16.8. The molecular formula is C18H29NO4. The second-order valence-electron chi connectivity index (χ2n) is 6.08. The zero-order valence-electron chi connectivity index (χ0n) is 13.9. The first-order valence-corrected chi connectivity index (χ1v) is 7.44. The molecule has 1 amide bonds. The molecule has 1 rings (SSSR count). The minimum Gasteiger partial charge on any atom is -0.497 e. The standard InChI is InChI=1S/C17H25NO4.CH4/c1-6-8-14(18-16(20)22-17(2,3)4)15(19)12-9-7-10-13(11-12)21-5;/h7,9-11,14H,6,8H2,1-5H3,(H,18,20);1H4/t14-;/m0./s1. The topological polar surface area (TPSA) is 64.6 Å². The van der Waals surface area contributed by atoms with Crippen molar-refractivity contribution in [3.63, 3.8) is 0 Å². The maximum Gasteiger partial charge on any atom is 0.408 e. The van der Waals surface area contributed by atoms with Gasteiger partial charge in [0, 0.05) is 5.56 Å². The summed E-state index contributed by atoms with van der Waals surface area (Å²) in [5, 5.41) is 2.66. The van der Waals surface area contributed by atoms with E-state index in [1.165, 1.54) is 0 Å². The minimum atomic E-state index is -0.605. The summed E-state index contributed by atoms with van der Waals surface area (Å²) < 4.78 is 10.3. The molecule has 5 heteroatoms. The monoisotopic (exact) mass is 323 g/mol. The maximum absolute atomic E-state index is 12.6. The summed E-state index contributed by atoms with van der Waals surface area (Å²) in [6.45, 7) is 7.31. The largest absolute Gasteiger partial charge is 0.497 e. The molecule has 0 aliphatic carbocycles. The number of carbonyl (C=O) groups is 2. The normalized spacial score (nSPS) is 11.9. The first-order valence-electron chi connectivity index (χ1n) is 7.44. The van der Waals surface area contributed by atoms with Crippen LogP contribution in [0.15, 0.2) is 24.3 Å². The van der Waals surface area contributed by atoms with E-state index >= 15 is 0 Å². The molecule has 1 aromatic rings. The number of carbonyl (C=O) groups excluding carboxylic acids is 2. The van der Waals surface area contributed by atoms with Gasteiger partial charge in [0.25, 0.3) is 0 Å². The van der Waals surface area contributed by atoms with Gasteiger partial charge in [-0.2, -0.15) is 0 Å². The van der Waals surface area contributed by atoms with Gasteiger partial charge in [-0.25, -0.2) is 4.79 Å².